The molecule has 0 unspecified atom stereocenters. The van der Waals surface area contributed by atoms with Gasteiger partial charge in [-0.2, -0.15) is 0 Å². The summed E-state index contributed by atoms with van der Waals surface area (Å²) in [6, 6.07) is 16.9. The van der Waals surface area contributed by atoms with Crippen LogP contribution >= 0.6 is 0 Å². The number of rotatable bonds is 2. The fourth-order valence-electron chi connectivity index (χ4n) is 3.31. The molecular weight excluding hydrogens is 282 g/mol. The molecule has 0 saturated carbocycles. The standard InChI is InChI=1S/C20H21N3/c1-15-10-13-23(14-11-15)20-21-12-9-19(22-20)18-8-4-6-16-5-2-3-7-17(16)18/h2-9,12,15H,10-11,13-14H2,1H3. The third-order valence-corrected chi connectivity index (χ3v) is 4.77. The Morgan fingerprint density at radius 1 is 0.957 bits per heavy atom. The lowest BCUT2D eigenvalue weighted by Crippen LogP contribution is -2.34. The van der Waals surface area contributed by atoms with E-state index >= 15 is 0 Å². The number of anilines is 1. The summed E-state index contributed by atoms with van der Waals surface area (Å²) in [5, 5.41) is 2.49. The van der Waals surface area contributed by atoms with Gasteiger partial charge in [-0.1, -0.05) is 49.4 Å². The first kappa shape index (κ1) is 14.2. The predicted octanol–water partition coefficient (Wildman–Crippen LogP) is 4.53. The van der Waals surface area contributed by atoms with E-state index in [2.05, 4.69) is 59.3 Å². The summed E-state index contributed by atoms with van der Waals surface area (Å²) in [6.07, 6.45) is 4.33. The van der Waals surface area contributed by atoms with Crippen LogP contribution in [0.25, 0.3) is 22.0 Å². The van der Waals surface area contributed by atoms with E-state index in [1.165, 1.54) is 29.2 Å². The number of hydrogen-bond donors (Lipinski definition) is 0. The van der Waals surface area contributed by atoms with Crippen molar-refractivity contribution >= 4 is 16.7 Å². The van der Waals surface area contributed by atoms with E-state index in [-0.39, 0.29) is 0 Å². The third-order valence-electron chi connectivity index (χ3n) is 4.77. The van der Waals surface area contributed by atoms with Gasteiger partial charge in [0, 0.05) is 24.8 Å². The highest BCUT2D eigenvalue weighted by atomic mass is 15.2. The molecule has 0 aliphatic carbocycles. The summed E-state index contributed by atoms with van der Waals surface area (Å²) in [5.41, 5.74) is 2.18. The fraction of sp³-hybridized carbons (Fsp3) is 0.300. The Balaban J connectivity index is 1.73. The Bertz CT molecular complexity index is 814. The average Bonchev–Trinajstić information content (AvgIpc) is 2.62. The second kappa shape index (κ2) is 5.99. The second-order valence-electron chi connectivity index (χ2n) is 6.44. The first-order valence-electron chi connectivity index (χ1n) is 8.37. The van der Waals surface area contributed by atoms with E-state index in [9.17, 15) is 0 Å². The lowest BCUT2D eigenvalue weighted by molar-refractivity contribution is 0.434. The molecule has 3 nitrogen and oxygen atoms in total. The smallest absolute Gasteiger partial charge is 0.225 e. The molecule has 3 heteroatoms. The molecule has 0 spiro atoms. The highest BCUT2D eigenvalue weighted by Crippen LogP contribution is 2.28. The molecule has 1 aliphatic heterocycles. The zero-order chi connectivity index (χ0) is 15.6. The van der Waals surface area contributed by atoms with Crippen molar-refractivity contribution in [3.63, 3.8) is 0 Å². The molecule has 4 rings (SSSR count). The van der Waals surface area contributed by atoms with Crippen molar-refractivity contribution in [2.75, 3.05) is 18.0 Å². The monoisotopic (exact) mass is 303 g/mol. The Morgan fingerprint density at radius 2 is 1.74 bits per heavy atom. The van der Waals surface area contributed by atoms with Crippen LogP contribution in [-0.4, -0.2) is 23.1 Å². The van der Waals surface area contributed by atoms with Crippen LogP contribution in [-0.2, 0) is 0 Å². The van der Waals surface area contributed by atoms with Gasteiger partial charge in [0.1, 0.15) is 0 Å². The van der Waals surface area contributed by atoms with Crippen molar-refractivity contribution in [1.82, 2.24) is 9.97 Å². The van der Waals surface area contributed by atoms with Crippen LogP contribution in [0.4, 0.5) is 5.95 Å². The maximum Gasteiger partial charge on any atom is 0.225 e. The number of aromatic nitrogens is 2. The summed E-state index contributed by atoms with van der Waals surface area (Å²) in [5.74, 6) is 1.68. The van der Waals surface area contributed by atoms with Crippen molar-refractivity contribution in [3.8, 4) is 11.3 Å². The number of piperidine rings is 1. The molecule has 2 aromatic carbocycles. The van der Waals surface area contributed by atoms with Crippen molar-refractivity contribution in [2.24, 2.45) is 5.92 Å². The maximum atomic E-state index is 4.86. The minimum Gasteiger partial charge on any atom is -0.341 e. The number of hydrogen-bond acceptors (Lipinski definition) is 3. The first-order valence-corrected chi connectivity index (χ1v) is 8.37. The molecule has 1 aliphatic rings. The van der Waals surface area contributed by atoms with Crippen LogP contribution in [0.15, 0.2) is 54.7 Å². The highest BCUT2D eigenvalue weighted by molar-refractivity contribution is 5.95. The second-order valence-corrected chi connectivity index (χ2v) is 6.44. The first-order chi connectivity index (χ1) is 11.3. The lowest BCUT2D eigenvalue weighted by Gasteiger charge is -2.30. The molecule has 0 atom stereocenters. The summed E-state index contributed by atoms with van der Waals surface area (Å²) in [6.45, 7) is 4.44. The van der Waals surface area contributed by atoms with Crippen LogP contribution < -0.4 is 4.90 Å². The van der Waals surface area contributed by atoms with Gasteiger partial charge < -0.3 is 4.90 Å². The maximum absolute atomic E-state index is 4.86. The molecule has 0 amide bonds. The summed E-state index contributed by atoms with van der Waals surface area (Å²) < 4.78 is 0. The zero-order valence-corrected chi connectivity index (χ0v) is 13.4. The Morgan fingerprint density at radius 3 is 2.61 bits per heavy atom. The molecule has 2 heterocycles. The zero-order valence-electron chi connectivity index (χ0n) is 13.4. The predicted molar refractivity (Wildman–Crippen MR) is 95.6 cm³/mol. The minimum atomic E-state index is 0.812. The van der Waals surface area contributed by atoms with Crippen LogP contribution in [0.3, 0.4) is 0 Å². The van der Waals surface area contributed by atoms with E-state index < -0.39 is 0 Å². The fourth-order valence-corrected chi connectivity index (χ4v) is 3.31. The largest absolute Gasteiger partial charge is 0.341 e. The molecule has 1 saturated heterocycles. The molecule has 116 valence electrons. The van der Waals surface area contributed by atoms with Gasteiger partial charge >= 0.3 is 0 Å². The van der Waals surface area contributed by atoms with Gasteiger partial charge in [-0.05, 0) is 35.6 Å². The lowest BCUT2D eigenvalue weighted by atomic mass is 9.99. The van der Waals surface area contributed by atoms with E-state index in [4.69, 9.17) is 4.98 Å². The van der Waals surface area contributed by atoms with E-state index in [1.54, 1.807) is 0 Å². The number of nitrogens with zero attached hydrogens (tertiary/aromatic N) is 3. The van der Waals surface area contributed by atoms with Crippen LogP contribution in [0.1, 0.15) is 19.8 Å². The Labute approximate surface area is 137 Å². The number of fused-ring (bicyclic) bond motifs is 1. The van der Waals surface area contributed by atoms with Crippen molar-refractivity contribution in [3.05, 3.63) is 54.7 Å². The topological polar surface area (TPSA) is 29.0 Å². The Hall–Kier alpha value is -2.42. The molecular formula is C20H21N3. The average molecular weight is 303 g/mol. The Kier molecular flexibility index (Phi) is 3.70. The molecule has 0 bridgehead atoms. The van der Waals surface area contributed by atoms with Gasteiger partial charge in [0.2, 0.25) is 5.95 Å². The van der Waals surface area contributed by atoms with Crippen LogP contribution in [0, 0.1) is 5.92 Å². The van der Waals surface area contributed by atoms with Gasteiger partial charge in [0.05, 0.1) is 5.69 Å². The summed E-state index contributed by atoms with van der Waals surface area (Å²) >= 11 is 0. The molecule has 3 aromatic rings. The van der Waals surface area contributed by atoms with Gasteiger partial charge in [0.15, 0.2) is 0 Å². The van der Waals surface area contributed by atoms with Gasteiger partial charge in [0.25, 0.3) is 0 Å². The third kappa shape index (κ3) is 2.79. The molecule has 1 fully saturated rings. The van der Waals surface area contributed by atoms with Crippen molar-refractivity contribution in [1.29, 1.82) is 0 Å². The quantitative estimate of drug-likeness (QED) is 0.696. The number of benzene rings is 2. The highest BCUT2D eigenvalue weighted by Gasteiger charge is 2.18. The molecule has 0 N–H and O–H groups in total. The molecule has 1 aromatic heterocycles. The SMILES string of the molecule is CC1CCN(c2nccc(-c3cccc4ccccc34)n2)CC1. The van der Waals surface area contributed by atoms with E-state index in [1.807, 2.05) is 12.3 Å². The van der Waals surface area contributed by atoms with Gasteiger partial charge in [-0.25, -0.2) is 9.97 Å². The summed E-state index contributed by atoms with van der Waals surface area (Å²) in [4.78, 5) is 11.7. The van der Waals surface area contributed by atoms with Crippen LogP contribution in [0.2, 0.25) is 0 Å². The van der Waals surface area contributed by atoms with Gasteiger partial charge in [-0.3, -0.25) is 0 Å². The van der Waals surface area contributed by atoms with Gasteiger partial charge in [-0.15, -0.1) is 0 Å². The summed E-state index contributed by atoms with van der Waals surface area (Å²) in [7, 11) is 0. The normalized spacial score (nSPS) is 16.0. The van der Waals surface area contributed by atoms with Crippen LogP contribution in [0.5, 0.6) is 0 Å². The molecule has 0 radical (unpaired) electrons. The van der Waals surface area contributed by atoms with E-state index in [0.29, 0.717) is 0 Å². The minimum absolute atomic E-state index is 0.812. The molecule has 23 heavy (non-hydrogen) atoms. The van der Waals surface area contributed by atoms with Crippen molar-refractivity contribution < 1.29 is 0 Å². The van der Waals surface area contributed by atoms with Crippen molar-refractivity contribution in [2.45, 2.75) is 19.8 Å². The van der Waals surface area contributed by atoms with E-state index in [0.717, 1.165) is 30.6 Å².